The average molecular weight is 411 g/mol. The van der Waals surface area contributed by atoms with E-state index in [-0.39, 0.29) is 17.7 Å². The van der Waals surface area contributed by atoms with Crippen molar-refractivity contribution in [3.63, 3.8) is 0 Å². The van der Waals surface area contributed by atoms with E-state index in [4.69, 9.17) is 23.2 Å². The summed E-state index contributed by atoms with van der Waals surface area (Å²) in [4.78, 5) is 29.6. The van der Waals surface area contributed by atoms with Crippen molar-refractivity contribution < 1.29 is 9.59 Å². The van der Waals surface area contributed by atoms with E-state index in [2.05, 4.69) is 0 Å². The zero-order valence-corrected chi connectivity index (χ0v) is 16.8. The van der Waals surface area contributed by atoms with Gasteiger partial charge in [-0.2, -0.15) is 0 Å². The summed E-state index contributed by atoms with van der Waals surface area (Å²) in [5.74, 6) is -0.140. The monoisotopic (exact) mass is 410 g/mol. The summed E-state index contributed by atoms with van der Waals surface area (Å²) in [5, 5.41) is 2.85. The first-order valence-corrected chi connectivity index (χ1v) is 10.1. The normalized spacial score (nSPS) is 17.2. The molecular weight excluding hydrogens is 391 g/mol. The zero-order chi connectivity index (χ0) is 18.7. The van der Waals surface area contributed by atoms with Gasteiger partial charge in [-0.05, 0) is 35.9 Å². The maximum atomic E-state index is 12.9. The number of rotatable bonds is 4. The Bertz CT molecular complexity index is 795. The highest BCUT2D eigenvalue weighted by Gasteiger charge is 2.31. The number of piperidine rings is 1. The highest BCUT2D eigenvalue weighted by molar-refractivity contribution is 7.12. The number of thiophene rings is 1. The zero-order valence-electron chi connectivity index (χ0n) is 14.5. The van der Waals surface area contributed by atoms with Crippen LogP contribution in [0.5, 0.6) is 0 Å². The number of hydrogen-bond acceptors (Lipinski definition) is 3. The number of amides is 2. The molecule has 7 heteroatoms. The third-order valence-electron chi connectivity index (χ3n) is 4.61. The summed E-state index contributed by atoms with van der Waals surface area (Å²) in [7, 11) is 1.76. The molecule has 0 N–H and O–H groups in total. The molecule has 1 aliphatic rings. The molecule has 0 aliphatic carbocycles. The van der Waals surface area contributed by atoms with Crippen LogP contribution in [-0.4, -0.2) is 41.8 Å². The molecule has 138 valence electrons. The predicted octanol–water partition coefficient (Wildman–Crippen LogP) is 4.57. The molecule has 2 amide bonds. The van der Waals surface area contributed by atoms with Gasteiger partial charge in [-0.25, -0.2) is 0 Å². The van der Waals surface area contributed by atoms with Crippen LogP contribution in [0.3, 0.4) is 0 Å². The molecule has 2 aromatic rings. The Hall–Kier alpha value is -1.56. The number of benzene rings is 1. The number of carbonyl (C=O) groups is 2. The van der Waals surface area contributed by atoms with Crippen molar-refractivity contribution in [2.24, 2.45) is 5.92 Å². The SMILES string of the molecule is CN(Cc1cccc(Cl)c1Cl)C(=O)C1CCCN(C(=O)c2cccs2)C1. The fourth-order valence-electron chi connectivity index (χ4n) is 3.23. The Morgan fingerprint density at radius 1 is 1.27 bits per heavy atom. The fourth-order valence-corrected chi connectivity index (χ4v) is 4.31. The molecule has 4 nitrogen and oxygen atoms in total. The summed E-state index contributed by atoms with van der Waals surface area (Å²) in [6, 6.07) is 9.11. The van der Waals surface area contributed by atoms with E-state index >= 15 is 0 Å². The van der Waals surface area contributed by atoms with Crippen LogP contribution in [0.4, 0.5) is 0 Å². The van der Waals surface area contributed by atoms with Crippen molar-refractivity contribution in [1.29, 1.82) is 0 Å². The third-order valence-corrected chi connectivity index (χ3v) is 6.32. The lowest BCUT2D eigenvalue weighted by molar-refractivity contribution is -0.136. The van der Waals surface area contributed by atoms with E-state index in [0.29, 0.717) is 29.7 Å². The molecule has 0 bridgehead atoms. The fraction of sp³-hybridized carbons (Fsp3) is 0.368. The maximum absolute atomic E-state index is 12.9. The Kier molecular flexibility index (Phi) is 6.22. The van der Waals surface area contributed by atoms with Gasteiger partial charge >= 0.3 is 0 Å². The van der Waals surface area contributed by atoms with Crippen molar-refractivity contribution >= 4 is 46.4 Å². The Morgan fingerprint density at radius 3 is 2.81 bits per heavy atom. The lowest BCUT2D eigenvalue weighted by Crippen LogP contribution is -2.45. The van der Waals surface area contributed by atoms with Gasteiger partial charge in [-0.15, -0.1) is 11.3 Å². The van der Waals surface area contributed by atoms with E-state index < -0.39 is 0 Å². The van der Waals surface area contributed by atoms with Gasteiger partial charge < -0.3 is 9.80 Å². The van der Waals surface area contributed by atoms with Gasteiger partial charge in [0.2, 0.25) is 5.91 Å². The number of nitrogens with zero attached hydrogens (tertiary/aromatic N) is 2. The molecule has 0 spiro atoms. The molecule has 1 aromatic carbocycles. The Balaban J connectivity index is 1.65. The predicted molar refractivity (Wildman–Crippen MR) is 106 cm³/mol. The van der Waals surface area contributed by atoms with E-state index in [1.165, 1.54) is 11.3 Å². The molecule has 0 radical (unpaired) electrons. The number of halogens is 2. The molecule has 1 fully saturated rings. The smallest absolute Gasteiger partial charge is 0.263 e. The van der Waals surface area contributed by atoms with Crippen LogP contribution >= 0.6 is 34.5 Å². The summed E-state index contributed by atoms with van der Waals surface area (Å²) >= 11 is 13.7. The first-order valence-electron chi connectivity index (χ1n) is 8.48. The molecule has 0 saturated carbocycles. The van der Waals surface area contributed by atoms with Gasteiger partial charge in [0.15, 0.2) is 0 Å². The van der Waals surface area contributed by atoms with E-state index in [1.54, 1.807) is 22.9 Å². The molecule has 1 atom stereocenters. The van der Waals surface area contributed by atoms with Crippen LogP contribution in [0, 0.1) is 5.92 Å². The second-order valence-electron chi connectivity index (χ2n) is 6.47. The van der Waals surface area contributed by atoms with Crippen LogP contribution in [0.1, 0.15) is 28.1 Å². The first kappa shape index (κ1) is 19.2. The van der Waals surface area contributed by atoms with Crippen molar-refractivity contribution in [3.05, 3.63) is 56.2 Å². The minimum Gasteiger partial charge on any atom is -0.341 e. The van der Waals surface area contributed by atoms with E-state index in [0.717, 1.165) is 23.3 Å². The van der Waals surface area contributed by atoms with Crippen LogP contribution in [-0.2, 0) is 11.3 Å². The van der Waals surface area contributed by atoms with Gasteiger partial charge in [0, 0.05) is 26.7 Å². The highest BCUT2D eigenvalue weighted by atomic mass is 35.5. The molecule has 3 rings (SSSR count). The van der Waals surface area contributed by atoms with Crippen molar-refractivity contribution in [3.8, 4) is 0 Å². The number of hydrogen-bond donors (Lipinski definition) is 0. The van der Waals surface area contributed by atoms with Crippen molar-refractivity contribution in [2.75, 3.05) is 20.1 Å². The molecule has 1 unspecified atom stereocenters. The van der Waals surface area contributed by atoms with Gasteiger partial charge in [0.1, 0.15) is 0 Å². The molecular formula is C19H20Cl2N2O2S. The minimum atomic E-state index is -0.185. The second-order valence-corrected chi connectivity index (χ2v) is 8.21. The largest absolute Gasteiger partial charge is 0.341 e. The van der Waals surface area contributed by atoms with Crippen molar-refractivity contribution in [2.45, 2.75) is 19.4 Å². The van der Waals surface area contributed by atoms with Gasteiger partial charge in [0.25, 0.3) is 5.91 Å². The average Bonchev–Trinajstić information content (AvgIpc) is 3.19. The molecule has 1 aromatic heterocycles. The third kappa shape index (κ3) is 4.22. The molecule has 2 heterocycles. The highest BCUT2D eigenvalue weighted by Crippen LogP contribution is 2.27. The van der Waals surface area contributed by atoms with Crippen LogP contribution in [0.2, 0.25) is 10.0 Å². The summed E-state index contributed by atoms with van der Waals surface area (Å²) in [6.07, 6.45) is 1.62. The Morgan fingerprint density at radius 2 is 2.08 bits per heavy atom. The standard InChI is InChI=1S/C19H20Cl2N2O2S/c1-22(11-13-5-2-7-15(20)17(13)21)18(24)14-6-3-9-23(12-14)19(25)16-8-4-10-26-16/h2,4-5,7-8,10,14H,3,6,9,11-12H2,1H3. The first-order chi connectivity index (χ1) is 12.5. The summed E-state index contributed by atoms with van der Waals surface area (Å²) < 4.78 is 0. The van der Waals surface area contributed by atoms with Crippen LogP contribution in [0.25, 0.3) is 0 Å². The van der Waals surface area contributed by atoms with Gasteiger partial charge in [0.05, 0.1) is 20.8 Å². The molecule has 26 heavy (non-hydrogen) atoms. The lowest BCUT2D eigenvalue weighted by atomic mass is 9.96. The van der Waals surface area contributed by atoms with Crippen LogP contribution in [0.15, 0.2) is 35.7 Å². The number of likely N-dealkylation sites (tertiary alicyclic amines) is 1. The van der Waals surface area contributed by atoms with Crippen molar-refractivity contribution in [1.82, 2.24) is 9.80 Å². The molecule has 1 saturated heterocycles. The van der Waals surface area contributed by atoms with E-state index in [9.17, 15) is 9.59 Å². The van der Waals surface area contributed by atoms with Gasteiger partial charge in [-0.1, -0.05) is 41.4 Å². The summed E-state index contributed by atoms with van der Waals surface area (Å²) in [6.45, 7) is 1.56. The minimum absolute atomic E-state index is 0.0121. The maximum Gasteiger partial charge on any atom is 0.263 e. The summed E-state index contributed by atoms with van der Waals surface area (Å²) in [5.41, 5.74) is 0.817. The lowest BCUT2D eigenvalue weighted by Gasteiger charge is -2.34. The Labute approximate surface area is 167 Å². The quantitative estimate of drug-likeness (QED) is 0.740. The topological polar surface area (TPSA) is 40.6 Å². The number of carbonyl (C=O) groups excluding carboxylic acids is 2. The second kappa shape index (κ2) is 8.42. The van der Waals surface area contributed by atoms with E-state index in [1.807, 2.05) is 29.6 Å². The van der Waals surface area contributed by atoms with Crippen LogP contribution < -0.4 is 0 Å². The van der Waals surface area contributed by atoms with Gasteiger partial charge in [-0.3, -0.25) is 9.59 Å². The molecule has 1 aliphatic heterocycles.